The largest absolute Gasteiger partial charge is 0.497 e. The van der Waals surface area contributed by atoms with Gasteiger partial charge in [-0.2, -0.15) is 5.21 Å². The number of carbonyl (C=O) groups is 2. The number of hydrogen-bond donors (Lipinski definition) is 2. The standard InChI is InChI=1S/C34H37N7O5/c1-3-4-5-6-11-30(33(42)40-20-25(19-31(40)34(43)44)46-24-15-13-23(45-2)14-16-24)41-21-35-28-18-22(12-17-29(28)41)26-9-7-8-10-27(26)32-36-38-39-37-32/h7-10,12-18,21,25,30-31H,3-6,11,19-20H2,1-2H3,(H,43,44)(H,36,37,38,39). The summed E-state index contributed by atoms with van der Waals surface area (Å²) in [6, 6.07) is 19.3. The maximum absolute atomic E-state index is 14.3. The van der Waals surface area contributed by atoms with E-state index in [1.54, 1.807) is 37.7 Å². The van der Waals surface area contributed by atoms with Gasteiger partial charge in [-0.05, 0) is 59.2 Å². The number of carbonyl (C=O) groups excluding carboxylic acids is 1. The minimum Gasteiger partial charge on any atom is -0.497 e. The predicted octanol–water partition coefficient (Wildman–Crippen LogP) is 5.54. The SMILES string of the molecule is CCCCCCC(C(=O)N1CC(Oc2ccc(OC)cc2)CC1C(=O)O)n1cnc2cc(-c3ccccc3-c3nn[nH]n3)ccc21. The molecule has 0 bridgehead atoms. The van der Waals surface area contributed by atoms with Crippen molar-refractivity contribution in [3.63, 3.8) is 0 Å². The molecule has 3 heterocycles. The molecule has 0 saturated carbocycles. The summed E-state index contributed by atoms with van der Waals surface area (Å²) in [6.07, 6.45) is 5.95. The molecule has 12 heteroatoms. The van der Waals surface area contributed by atoms with E-state index in [1.807, 2.05) is 47.0 Å². The second kappa shape index (κ2) is 13.8. The minimum atomic E-state index is -1.04. The van der Waals surface area contributed by atoms with Gasteiger partial charge in [0.1, 0.15) is 29.7 Å². The number of aromatic nitrogens is 6. The molecule has 1 aliphatic rings. The van der Waals surface area contributed by atoms with Gasteiger partial charge in [-0.15, -0.1) is 10.2 Å². The average Bonchev–Trinajstić information content (AvgIpc) is 3.85. The van der Waals surface area contributed by atoms with Crippen molar-refractivity contribution in [2.75, 3.05) is 13.7 Å². The summed E-state index contributed by atoms with van der Waals surface area (Å²) in [7, 11) is 1.59. The van der Waals surface area contributed by atoms with Crippen molar-refractivity contribution in [2.45, 2.75) is 63.6 Å². The van der Waals surface area contributed by atoms with Gasteiger partial charge in [0.05, 0.1) is 31.0 Å². The summed E-state index contributed by atoms with van der Waals surface area (Å²) < 4.78 is 13.3. The Morgan fingerprint density at radius 1 is 1.02 bits per heavy atom. The number of likely N-dealkylation sites (tertiary alicyclic amines) is 1. The smallest absolute Gasteiger partial charge is 0.326 e. The molecule has 12 nitrogen and oxygen atoms in total. The fourth-order valence-electron chi connectivity index (χ4n) is 6.20. The molecule has 1 aliphatic heterocycles. The molecule has 3 atom stereocenters. The third kappa shape index (κ3) is 6.42. The van der Waals surface area contributed by atoms with Crippen molar-refractivity contribution >= 4 is 22.9 Å². The van der Waals surface area contributed by atoms with Crippen LogP contribution in [0.15, 0.2) is 73.1 Å². The van der Waals surface area contributed by atoms with E-state index in [-0.39, 0.29) is 18.9 Å². The van der Waals surface area contributed by atoms with Crippen LogP contribution in [0.25, 0.3) is 33.5 Å². The van der Waals surface area contributed by atoms with Gasteiger partial charge in [0.2, 0.25) is 11.7 Å². The summed E-state index contributed by atoms with van der Waals surface area (Å²) in [5.74, 6) is 0.500. The van der Waals surface area contributed by atoms with Gasteiger partial charge in [-0.1, -0.05) is 62.9 Å². The van der Waals surface area contributed by atoms with Crippen molar-refractivity contribution < 1.29 is 24.2 Å². The van der Waals surface area contributed by atoms with E-state index < -0.39 is 24.2 Å². The van der Waals surface area contributed by atoms with E-state index in [2.05, 4.69) is 27.5 Å². The van der Waals surface area contributed by atoms with Gasteiger partial charge in [0.25, 0.3) is 0 Å². The van der Waals surface area contributed by atoms with Crippen molar-refractivity contribution in [2.24, 2.45) is 0 Å². The van der Waals surface area contributed by atoms with Gasteiger partial charge in [0, 0.05) is 12.0 Å². The Kier molecular flexibility index (Phi) is 9.23. The lowest BCUT2D eigenvalue weighted by molar-refractivity contribution is -0.149. The maximum atomic E-state index is 14.3. The molecular weight excluding hydrogens is 586 g/mol. The zero-order chi connectivity index (χ0) is 32.0. The first-order valence-corrected chi connectivity index (χ1v) is 15.6. The number of aromatic amines is 1. The highest BCUT2D eigenvalue weighted by atomic mass is 16.5. The van der Waals surface area contributed by atoms with Crippen LogP contribution in [0.5, 0.6) is 11.5 Å². The van der Waals surface area contributed by atoms with E-state index in [4.69, 9.17) is 14.5 Å². The number of imidazole rings is 1. The second-order valence-corrected chi connectivity index (χ2v) is 11.5. The monoisotopic (exact) mass is 623 g/mol. The number of unbranched alkanes of at least 4 members (excludes halogenated alkanes) is 3. The number of tetrazole rings is 1. The molecule has 3 unspecified atom stereocenters. The number of H-pyrrole nitrogens is 1. The summed E-state index contributed by atoms with van der Waals surface area (Å²) in [5, 5.41) is 24.7. The first-order chi connectivity index (χ1) is 22.5. The predicted molar refractivity (Wildman–Crippen MR) is 171 cm³/mol. The van der Waals surface area contributed by atoms with Crippen LogP contribution in [0.4, 0.5) is 0 Å². The van der Waals surface area contributed by atoms with Crippen LogP contribution in [0.1, 0.15) is 51.5 Å². The number of nitrogens with one attached hydrogen (secondary N) is 1. The van der Waals surface area contributed by atoms with Gasteiger partial charge in [0.15, 0.2) is 0 Å². The highest BCUT2D eigenvalue weighted by Crippen LogP contribution is 2.34. The number of nitrogens with zero attached hydrogens (tertiary/aromatic N) is 6. The number of carboxylic acid groups (broad SMARTS) is 1. The van der Waals surface area contributed by atoms with Gasteiger partial charge in [-0.25, -0.2) is 9.78 Å². The minimum absolute atomic E-state index is 0.178. The molecule has 0 spiro atoms. The van der Waals surface area contributed by atoms with Crippen LogP contribution in [-0.2, 0) is 9.59 Å². The topological polar surface area (TPSA) is 148 Å². The number of methoxy groups -OCH3 is 1. The lowest BCUT2D eigenvalue weighted by Crippen LogP contribution is -2.44. The molecule has 5 aromatic rings. The molecule has 3 aromatic carbocycles. The summed E-state index contributed by atoms with van der Waals surface area (Å²) >= 11 is 0. The number of aliphatic carboxylic acids is 1. The Morgan fingerprint density at radius 3 is 2.52 bits per heavy atom. The normalized spacial score (nSPS) is 16.9. The number of rotatable bonds is 13. The Hall–Kier alpha value is -5.26. The molecule has 0 radical (unpaired) electrons. The maximum Gasteiger partial charge on any atom is 0.326 e. The Balaban J connectivity index is 1.29. The number of ether oxygens (including phenoxy) is 2. The fourth-order valence-corrected chi connectivity index (χ4v) is 6.20. The molecule has 0 aliphatic carbocycles. The van der Waals surface area contributed by atoms with E-state index in [1.165, 1.54) is 4.90 Å². The molecule has 1 fully saturated rings. The van der Waals surface area contributed by atoms with Crippen molar-refractivity contribution in [1.29, 1.82) is 0 Å². The average molecular weight is 624 g/mol. The third-order valence-corrected chi connectivity index (χ3v) is 8.54. The quantitative estimate of drug-likeness (QED) is 0.161. The number of benzene rings is 3. The van der Waals surface area contributed by atoms with Crippen LogP contribution in [0.2, 0.25) is 0 Å². The van der Waals surface area contributed by atoms with Gasteiger partial charge in [-0.3, -0.25) is 4.79 Å². The van der Waals surface area contributed by atoms with Gasteiger partial charge < -0.3 is 24.0 Å². The molecule has 1 saturated heterocycles. The molecular formula is C34H37N7O5. The number of fused-ring (bicyclic) bond motifs is 1. The number of carboxylic acids is 1. The Morgan fingerprint density at radius 2 is 1.80 bits per heavy atom. The summed E-state index contributed by atoms with van der Waals surface area (Å²) in [6.45, 7) is 2.32. The lowest BCUT2D eigenvalue weighted by atomic mass is 9.98. The van der Waals surface area contributed by atoms with Crippen molar-refractivity contribution in [3.05, 3.63) is 73.1 Å². The Labute approximate surface area is 266 Å². The molecule has 1 amide bonds. The number of amides is 1. The molecule has 2 aromatic heterocycles. The lowest BCUT2D eigenvalue weighted by Gasteiger charge is -2.28. The zero-order valence-electron chi connectivity index (χ0n) is 25.9. The highest BCUT2D eigenvalue weighted by molar-refractivity contribution is 5.90. The first kappa shape index (κ1) is 30.8. The van der Waals surface area contributed by atoms with E-state index >= 15 is 0 Å². The van der Waals surface area contributed by atoms with Crippen LogP contribution in [0.3, 0.4) is 0 Å². The van der Waals surface area contributed by atoms with Crippen LogP contribution in [-0.4, -0.2) is 77.9 Å². The third-order valence-electron chi connectivity index (χ3n) is 8.54. The molecule has 46 heavy (non-hydrogen) atoms. The van der Waals surface area contributed by atoms with E-state index in [0.717, 1.165) is 53.4 Å². The van der Waals surface area contributed by atoms with Crippen LogP contribution >= 0.6 is 0 Å². The van der Waals surface area contributed by atoms with Gasteiger partial charge >= 0.3 is 5.97 Å². The van der Waals surface area contributed by atoms with E-state index in [9.17, 15) is 14.7 Å². The van der Waals surface area contributed by atoms with Crippen LogP contribution in [0, 0.1) is 0 Å². The first-order valence-electron chi connectivity index (χ1n) is 15.6. The van der Waals surface area contributed by atoms with Crippen LogP contribution < -0.4 is 9.47 Å². The number of hydrogen-bond acceptors (Lipinski definition) is 8. The molecule has 6 rings (SSSR count). The molecule has 238 valence electrons. The summed E-state index contributed by atoms with van der Waals surface area (Å²) in [4.78, 5) is 32.9. The zero-order valence-corrected chi connectivity index (χ0v) is 25.9. The van der Waals surface area contributed by atoms with Crippen molar-refractivity contribution in [3.8, 4) is 34.0 Å². The van der Waals surface area contributed by atoms with Crippen molar-refractivity contribution in [1.82, 2.24) is 35.1 Å². The fraction of sp³-hybridized carbons (Fsp3) is 0.353. The highest BCUT2D eigenvalue weighted by Gasteiger charge is 2.43. The van der Waals surface area contributed by atoms with E-state index in [0.29, 0.717) is 23.7 Å². The second-order valence-electron chi connectivity index (χ2n) is 11.5. The molecule has 2 N–H and O–H groups in total. The summed E-state index contributed by atoms with van der Waals surface area (Å²) in [5.41, 5.74) is 4.21. The Bertz CT molecular complexity index is 1790.